The lowest BCUT2D eigenvalue weighted by Crippen LogP contribution is -2.02. The molecule has 0 radical (unpaired) electrons. The Labute approximate surface area is 164 Å². The number of methoxy groups -OCH3 is 1. The van der Waals surface area contributed by atoms with Crippen LogP contribution in [0.15, 0.2) is 51.5 Å². The number of aromatic nitrogens is 5. The molecule has 27 heavy (non-hydrogen) atoms. The maximum absolute atomic E-state index is 5.57. The Hall–Kier alpha value is -2.65. The Bertz CT molecular complexity index is 1040. The lowest BCUT2D eigenvalue weighted by molar-refractivity contribution is 0.376. The highest BCUT2D eigenvalue weighted by molar-refractivity contribution is 7.99. The van der Waals surface area contributed by atoms with Crippen molar-refractivity contribution in [2.24, 2.45) is 0 Å². The molecule has 0 aliphatic rings. The molecule has 0 amide bonds. The number of rotatable bonds is 6. The van der Waals surface area contributed by atoms with Gasteiger partial charge in [0.05, 0.1) is 22.9 Å². The fraction of sp³-hybridized carbons (Fsp3) is 0.222. The van der Waals surface area contributed by atoms with Crippen molar-refractivity contribution in [3.05, 3.63) is 53.5 Å². The van der Waals surface area contributed by atoms with E-state index in [9.17, 15) is 0 Å². The minimum absolute atomic E-state index is 0.0694. The molecule has 4 aromatic rings. The Balaban J connectivity index is 1.80. The van der Waals surface area contributed by atoms with E-state index in [2.05, 4.69) is 20.3 Å². The molecule has 138 valence electrons. The summed E-state index contributed by atoms with van der Waals surface area (Å²) in [5.74, 6) is 2.69. The van der Waals surface area contributed by atoms with Crippen LogP contribution in [0.2, 0.25) is 0 Å². The maximum Gasteiger partial charge on any atom is 0.239 e. The van der Waals surface area contributed by atoms with Crippen LogP contribution in [0.1, 0.15) is 23.9 Å². The first-order valence-corrected chi connectivity index (χ1v) is 10.0. The number of thioether (sulfide) groups is 1. The first kappa shape index (κ1) is 17.7. The largest absolute Gasteiger partial charge is 0.495 e. The van der Waals surface area contributed by atoms with Crippen LogP contribution >= 0.6 is 23.1 Å². The number of nitrogens with zero attached hydrogens (tertiary/aromatic N) is 5. The van der Waals surface area contributed by atoms with E-state index in [0.29, 0.717) is 11.7 Å². The van der Waals surface area contributed by atoms with Crippen molar-refractivity contribution in [1.29, 1.82) is 0 Å². The summed E-state index contributed by atoms with van der Waals surface area (Å²) in [7, 11) is 1.66. The molecule has 0 aliphatic heterocycles. The summed E-state index contributed by atoms with van der Waals surface area (Å²) in [5, 5.41) is 15.4. The molecule has 1 unspecified atom stereocenters. The van der Waals surface area contributed by atoms with Gasteiger partial charge in [0.2, 0.25) is 5.89 Å². The van der Waals surface area contributed by atoms with E-state index in [4.69, 9.17) is 9.26 Å². The molecule has 1 aromatic carbocycles. The molecule has 1 atom stereocenters. The number of hydrogen-bond donors (Lipinski definition) is 0. The molecule has 0 saturated heterocycles. The normalized spacial score (nSPS) is 12.3. The van der Waals surface area contributed by atoms with Crippen molar-refractivity contribution >= 4 is 23.1 Å². The molecule has 7 nitrogen and oxygen atoms in total. The number of thiophene rings is 1. The average molecular weight is 400 g/mol. The summed E-state index contributed by atoms with van der Waals surface area (Å²) >= 11 is 3.13. The molecule has 0 fully saturated rings. The van der Waals surface area contributed by atoms with Gasteiger partial charge in [-0.25, -0.2) is 0 Å². The predicted octanol–water partition coefficient (Wildman–Crippen LogP) is 4.55. The topological polar surface area (TPSA) is 78.9 Å². The molecule has 9 heteroatoms. The van der Waals surface area contributed by atoms with Crippen molar-refractivity contribution < 1.29 is 9.26 Å². The Kier molecular flexibility index (Phi) is 4.95. The second kappa shape index (κ2) is 7.53. The molecule has 0 spiro atoms. The molecule has 0 saturated carbocycles. The summed E-state index contributed by atoms with van der Waals surface area (Å²) in [6.45, 7) is 3.81. The smallest absolute Gasteiger partial charge is 0.239 e. The van der Waals surface area contributed by atoms with Gasteiger partial charge in [-0.2, -0.15) is 4.98 Å². The quantitative estimate of drug-likeness (QED) is 0.440. The standard InChI is InChI=1S/C18H17N5O2S2/c1-11(17-19-12(2)22-25-17)27-18-21-20-16(15-9-6-10-26-15)23(18)13-7-4-5-8-14(13)24-3/h4-11H,1-3H3. The maximum atomic E-state index is 5.57. The van der Waals surface area contributed by atoms with Crippen LogP contribution in [-0.2, 0) is 0 Å². The first-order valence-electron chi connectivity index (χ1n) is 8.27. The first-order chi connectivity index (χ1) is 13.2. The summed E-state index contributed by atoms with van der Waals surface area (Å²) in [5.41, 5.74) is 0.879. The van der Waals surface area contributed by atoms with Crippen LogP contribution in [-0.4, -0.2) is 32.0 Å². The average Bonchev–Trinajstić information content (AvgIpc) is 3.42. The second-order valence-electron chi connectivity index (χ2n) is 5.73. The zero-order chi connectivity index (χ0) is 18.8. The Morgan fingerprint density at radius 3 is 2.74 bits per heavy atom. The summed E-state index contributed by atoms with van der Waals surface area (Å²) in [6.07, 6.45) is 0. The summed E-state index contributed by atoms with van der Waals surface area (Å²) in [6, 6.07) is 11.8. The van der Waals surface area contributed by atoms with Crippen molar-refractivity contribution in [3.8, 4) is 22.1 Å². The molecule has 0 aliphatic carbocycles. The van der Waals surface area contributed by atoms with E-state index >= 15 is 0 Å². The van der Waals surface area contributed by atoms with Gasteiger partial charge in [0, 0.05) is 0 Å². The van der Waals surface area contributed by atoms with E-state index in [1.807, 2.05) is 53.3 Å². The third kappa shape index (κ3) is 3.47. The predicted molar refractivity (Wildman–Crippen MR) is 105 cm³/mol. The molecular weight excluding hydrogens is 382 g/mol. The van der Waals surface area contributed by atoms with Crippen molar-refractivity contribution in [3.63, 3.8) is 0 Å². The van der Waals surface area contributed by atoms with Gasteiger partial charge in [0.15, 0.2) is 16.8 Å². The number of aryl methyl sites for hydroxylation is 1. The van der Waals surface area contributed by atoms with Crippen molar-refractivity contribution in [2.45, 2.75) is 24.3 Å². The molecule has 0 N–H and O–H groups in total. The van der Waals surface area contributed by atoms with E-state index in [-0.39, 0.29) is 5.25 Å². The number of ether oxygens (including phenoxy) is 1. The monoisotopic (exact) mass is 399 g/mol. The molecule has 3 heterocycles. The van der Waals surface area contributed by atoms with E-state index < -0.39 is 0 Å². The number of hydrogen-bond acceptors (Lipinski definition) is 8. The molecule has 3 aromatic heterocycles. The van der Waals surface area contributed by atoms with Crippen LogP contribution in [0, 0.1) is 6.92 Å². The third-order valence-electron chi connectivity index (χ3n) is 3.87. The highest BCUT2D eigenvalue weighted by atomic mass is 32.2. The number of para-hydroxylation sites is 2. The summed E-state index contributed by atoms with van der Waals surface area (Å²) in [4.78, 5) is 5.35. The summed E-state index contributed by atoms with van der Waals surface area (Å²) < 4.78 is 12.9. The number of benzene rings is 1. The molecular formula is C18H17N5O2S2. The fourth-order valence-corrected chi connectivity index (χ4v) is 4.22. The van der Waals surface area contributed by atoms with Crippen LogP contribution in [0.5, 0.6) is 5.75 Å². The van der Waals surface area contributed by atoms with Crippen LogP contribution in [0.4, 0.5) is 0 Å². The van der Waals surface area contributed by atoms with Crippen molar-refractivity contribution in [2.75, 3.05) is 7.11 Å². The van der Waals surface area contributed by atoms with Crippen LogP contribution in [0.25, 0.3) is 16.4 Å². The highest BCUT2D eigenvalue weighted by Crippen LogP contribution is 2.38. The van der Waals surface area contributed by atoms with Gasteiger partial charge in [-0.3, -0.25) is 4.57 Å². The van der Waals surface area contributed by atoms with Crippen LogP contribution in [0.3, 0.4) is 0 Å². The van der Waals surface area contributed by atoms with Gasteiger partial charge in [0.25, 0.3) is 0 Å². The van der Waals surface area contributed by atoms with E-state index in [0.717, 1.165) is 27.3 Å². The lowest BCUT2D eigenvalue weighted by Gasteiger charge is -2.14. The van der Waals surface area contributed by atoms with E-state index in [1.165, 1.54) is 11.8 Å². The molecule has 0 bridgehead atoms. The van der Waals surface area contributed by atoms with Gasteiger partial charge in [-0.1, -0.05) is 35.1 Å². The van der Waals surface area contributed by atoms with E-state index in [1.54, 1.807) is 25.4 Å². The molecule has 4 rings (SSSR count). The third-order valence-corrected chi connectivity index (χ3v) is 5.77. The van der Waals surface area contributed by atoms with Gasteiger partial charge < -0.3 is 9.26 Å². The minimum atomic E-state index is -0.0694. The van der Waals surface area contributed by atoms with Crippen molar-refractivity contribution in [1.82, 2.24) is 24.9 Å². The van der Waals surface area contributed by atoms with Gasteiger partial charge in [0.1, 0.15) is 5.75 Å². The van der Waals surface area contributed by atoms with Crippen LogP contribution < -0.4 is 4.74 Å². The Morgan fingerprint density at radius 1 is 1.19 bits per heavy atom. The SMILES string of the molecule is COc1ccccc1-n1c(SC(C)c2nc(C)no2)nnc1-c1cccs1. The second-order valence-corrected chi connectivity index (χ2v) is 7.99. The zero-order valence-electron chi connectivity index (χ0n) is 15.0. The van der Waals surface area contributed by atoms with Gasteiger partial charge in [-0.15, -0.1) is 21.5 Å². The van der Waals surface area contributed by atoms with Gasteiger partial charge >= 0.3 is 0 Å². The minimum Gasteiger partial charge on any atom is -0.495 e. The highest BCUT2D eigenvalue weighted by Gasteiger charge is 2.23. The fourth-order valence-electron chi connectivity index (χ4n) is 2.63. The lowest BCUT2D eigenvalue weighted by atomic mass is 10.3. The Morgan fingerprint density at radius 2 is 2.04 bits per heavy atom. The zero-order valence-corrected chi connectivity index (χ0v) is 16.6. The van der Waals surface area contributed by atoms with Gasteiger partial charge in [-0.05, 0) is 37.4 Å².